The summed E-state index contributed by atoms with van der Waals surface area (Å²) in [4.78, 5) is 14.5. The average molecular weight is 361 g/mol. The van der Waals surface area contributed by atoms with Crippen molar-refractivity contribution < 1.29 is 13.2 Å². The number of nitrogens with one attached hydrogen (secondary N) is 1. The normalized spacial score (nSPS) is 11.4. The molecule has 0 aliphatic rings. The van der Waals surface area contributed by atoms with Crippen molar-refractivity contribution in [3.8, 4) is 0 Å². The van der Waals surface area contributed by atoms with Crippen molar-refractivity contribution in [2.45, 2.75) is 11.4 Å². The van der Waals surface area contributed by atoms with Crippen molar-refractivity contribution in [3.63, 3.8) is 0 Å². The van der Waals surface area contributed by atoms with Gasteiger partial charge < -0.3 is 10.2 Å². The fraction of sp³-hybridized carbons (Fsp3) is 0.278. The van der Waals surface area contributed by atoms with Gasteiger partial charge in [0.05, 0.1) is 4.90 Å². The van der Waals surface area contributed by atoms with Crippen LogP contribution in [0.15, 0.2) is 53.4 Å². The predicted molar refractivity (Wildman–Crippen MR) is 99.3 cm³/mol. The zero-order valence-electron chi connectivity index (χ0n) is 14.9. The summed E-state index contributed by atoms with van der Waals surface area (Å²) in [6.07, 6.45) is 0. The molecule has 0 heterocycles. The molecule has 0 fully saturated rings. The molecule has 0 spiro atoms. The maximum absolute atomic E-state index is 12.4. The van der Waals surface area contributed by atoms with Crippen LogP contribution in [0.1, 0.15) is 15.9 Å². The van der Waals surface area contributed by atoms with Gasteiger partial charge in [0.2, 0.25) is 10.0 Å². The van der Waals surface area contributed by atoms with Gasteiger partial charge in [-0.2, -0.15) is 0 Å². The Labute approximate surface area is 149 Å². The summed E-state index contributed by atoms with van der Waals surface area (Å²) < 4.78 is 25.9. The maximum Gasteiger partial charge on any atom is 0.251 e. The molecule has 6 nitrogen and oxygen atoms in total. The van der Waals surface area contributed by atoms with E-state index in [9.17, 15) is 13.2 Å². The monoisotopic (exact) mass is 361 g/mol. The summed E-state index contributed by atoms with van der Waals surface area (Å²) in [5.74, 6) is -0.248. The van der Waals surface area contributed by atoms with Gasteiger partial charge in [-0.25, -0.2) is 12.7 Å². The highest BCUT2D eigenvalue weighted by atomic mass is 32.2. The largest absolute Gasteiger partial charge is 0.378 e. The molecule has 0 aromatic heterocycles. The van der Waals surface area contributed by atoms with Crippen LogP contribution in [-0.2, 0) is 16.6 Å². The van der Waals surface area contributed by atoms with Gasteiger partial charge in [0.1, 0.15) is 0 Å². The molecule has 1 N–H and O–H groups in total. The van der Waals surface area contributed by atoms with Gasteiger partial charge >= 0.3 is 0 Å². The molecule has 7 heteroatoms. The third kappa shape index (κ3) is 4.37. The molecule has 0 bridgehead atoms. The Bertz CT molecular complexity index is 844. The van der Waals surface area contributed by atoms with Crippen LogP contribution in [0, 0.1) is 0 Å². The van der Waals surface area contributed by atoms with Crippen molar-refractivity contribution in [2.24, 2.45) is 0 Å². The Kier molecular flexibility index (Phi) is 5.81. The Balaban J connectivity index is 2.15. The molecule has 1 amide bonds. The van der Waals surface area contributed by atoms with Crippen molar-refractivity contribution in [1.82, 2.24) is 9.62 Å². The maximum atomic E-state index is 12.4. The molecule has 0 aliphatic carbocycles. The van der Waals surface area contributed by atoms with E-state index < -0.39 is 10.0 Å². The number of hydrogen-bond acceptors (Lipinski definition) is 4. The van der Waals surface area contributed by atoms with Crippen molar-refractivity contribution in [1.29, 1.82) is 0 Å². The van der Waals surface area contributed by atoms with E-state index in [1.165, 1.54) is 14.1 Å². The SMILES string of the molecule is CN(C)c1ccc(C(=O)NCc2ccccc2S(=O)(=O)N(C)C)cc1. The molecule has 0 atom stereocenters. The van der Waals surface area contributed by atoms with Gasteiger partial charge in [0, 0.05) is 46.0 Å². The zero-order valence-corrected chi connectivity index (χ0v) is 15.7. The second kappa shape index (κ2) is 7.67. The molecule has 0 saturated heterocycles. The molecule has 25 heavy (non-hydrogen) atoms. The molecule has 0 unspecified atom stereocenters. The summed E-state index contributed by atoms with van der Waals surface area (Å²) in [6.45, 7) is 0.136. The predicted octanol–water partition coefficient (Wildman–Crippen LogP) is 1.93. The third-order valence-corrected chi connectivity index (χ3v) is 5.73. The van der Waals surface area contributed by atoms with E-state index in [1.54, 1.807) is 36.4 Å². The molecule has 2 aromatic rings. The minimum atomic E-state index is -3.56. The van der Waals surface area contributed by atoms with E-state index in [4.69, 9.17) is 0 Å². The number of rotatable bonds is 6. The molecular weight excluding hydrogens is 338 g/mol. The van der Waals surface area contributed by atoms with Crippen LogP contribution in [0.5, 0.6) is 0 Å². The first-order chi connectivity index (χ1) is 11.7. The topological polar surface area (TPSA) is 69.7 Å². The minimum absolute atomic E-state index is 0.136. The molecule has 2 aromatic carbocycles. The second-order valence-electron chi connectivity index (χ2n) is 6.02. The lowest BCUT2D eigenvalue weighted by Gasteiger charge is -2.16. The van der Waals surface area contributed by atoms with Gasteiger partial charge in [-0.05, 0) is 35.9 Å². The molecule has 0 radical (unpaired) electrons. The first kappa shape index (κ1) is 19.0. The van der Waals surface area contributed by atoms with E-state index in [0.29, 0.717) is 11.1 Å². The van der Waals surface area contributed by atoms with E-state index in [1.807, 2.05) is 31.1 Å². The summed E-state index contributed by atoms with van der Waals surface area (Å²) in [6, 6.07) is 13.9. The van der Waals surface area contributed by atoms with Gasteiger partial charge in [0.15, 0.2) is 0 Å². The Hall–Kier alpha value is -2.38. The van der Waals surface area contributed by atoms with E-state index in [2.05, 4.69) is 5.32 Å². The number of benzene rings is 2. The Morgan fingerprint density at radius 2 is 1.56 bits per heavy atom. The number of amides is 1. The molecule has 0 aliphatic heterocycles. The Morgan fingerprint density at radius 3 is 2.12 bits per heavy atom. The summed E-state index contributed by atoms with van der Waals surface area (Å²) in [5, 5.41) is 2.78. The second-order valence-corrected chi connectivity index (χ2v) is 8.14. The molecular formula is C18H23N3O3S. The van der Waals surface area contributed by atoms with Crippen LogP contribution in [0.2, 0.25) is 0 Å². The number of nitrogens with zero attached hydrogens (tertiary/aromatic N) is 2. The first-order valence-corrected chi connectivity index (χ1v) is 9.23. The Morgan fingerprint density at radius 1 is 0.960 bits per heavy atom. The summed E-state index contributed by atoms with van der Waals surface area (Å²) in [7, 11) is 3.26. The highest BCUT2D eigenvalue weighted by Gasteiger charge is 2.20. The number of carbonyl (C=O) groups excluding carboxylic acids is 1. The van der Waals surface area contributed by atoms with Crippen LogP contribution in [0.3, 0.4) is 0 Å². The van der Waals surface area contributed by atoms with E-state index >= 15 is 0 Å². The van der Waals surface area contributed by atoms with Crippen molar-refractivity contribution in [3.05, 3.63) is 59.7 Å². The van der Waals surface area contributed by atoms with Crippen LogP contribution in [-0.4, -0.2) is 46.8 Å². The van der Waals surface area contributed by atoms with Crippen molar-refractivity contribution in [2.75, 3.05) is 33.1 Å². The van der Waals surface area contributed by atoms with Crippen molar-refractivity contribution >= 4 is 21.6 Å². The lowest BCUT2D eigenvalue weighted by molar-refractivity contribution is 0.0950. The van der Waals surface area contributed by atoms with Crippen LogP contribution in [0.25, 0.3) is 0 Å². The standard InChI is InChI=1S/C18H23N3O3S/c1-20(2)16-11-9-14(10-12-16)18(22)19-13-15-7-5-6-8-17(15)25(23,24)21(3)4/h5-12H,13H2,1-4H3,(H,19,22). The average Bonchev–Trinajstić information content (AvgIpc) is 2.59. The van der Waals surface area contributed by atoms with E-state index in [-0.39, 0.29) is 17.3 Å². The third-order valence-electron chi connectivity index (χ3n) is 3.82. The lowest BCUT2D eigenvalue weighted by atomic mass is 10.1. The first-order valence-electron chi connectivity index (χ1n) is 7.79. The van der Waals surface area contributed by atoms with Gasteiger partial charge in [-0.3, -0.25) is 4.79 Å². The number of anilines is 1. The van der Waals surface area contributed by atoms with Gasteiger partial charge in [-0.1, -0.05) is 18.2 Å². The number of sulfonamides is 1. The zero-order chi connectivity index (χ0) is 18.6. The van der Waals surface area contributed by atoms with Gasteiger partial charge in [0.25, 0.3) is 5.91 Å². The smallest absolute Gasteiger partial charge is 0.251 e. The van der Waals surface area contributed by atoms with Gasteiger partial charge in [-0.15, -0.1) is 0 Å². The lowest BCUT2D eigenvalue weighted by Crippen LogP contribution is -2.27. The number of carbonyl (C=O) groups is 1. The molecule has 134 valence electrons. The fourth-order valence-corrected chi connectivity index (χ4v) is 3.40. The number of hydrogen-bond donors (Lipinski definition) is 1. The quantitative estimate of drug-likeness (QED) is 0.854. The molecule has 2 rings (SSSR count). The van der Waals surface area contributed by atoms with Crippen LogP contribution >= 0.6 is 0 Å². The summed E-state index contributed by atoms with van der Waals surface area (Å²) >= 11 is 0. The van der Waals surface area contributed by atoms with E-state index in [0.717, 1.165) is 9.99 Å². The molecule has 0 saturated carbocycles. The highest BCUT2D eigenvalue weighted by molar-refractivity contribution is 7.89. The fourth-order valence-electron chi connectivity index (χ4n) is 2.29. The summed E-state index contributed by atoms with van der Waals surface area (Å²) in [5.41, 5.74) is 2.08. The van der Waals surface area contributed by atoms with Crippen LogP contribution < -0.4 is 10.2 Å². The minimum Gasteiger partial charge on any atom is -0.378 e. The van der Waals surface area contributed by atoms with Crippen LogP contribution in [0.4, 0.5) is 5.69 Å². The highest BCUT2D eigenvalue weighted by Crippen LogP contribution is 2.18.